The van der Waals surface area contributed by atoms with Gasteiger partial charge >= 0.3 is 0 Å². The molecule has 34 heavy (non-hydrogen) atoms. The molecule has 0 amide bonds. The SMILES string of the molecule is CCS(=O)(=O)c1ccc(N2CCCC(F)(F)C2)c(Nc2cc(Nc3ccc(Cl)cc3)ncn2)c1. The molecule has 0 aliphatic carbocycles. The fourth-order valence-electron chi connectivity index (χ4n) is 3.74. The van der Waals surface area contributed by atoms with E-state index in [0.717, 1.165) is 5.69 Å². The van der Waals surface area contributed by atoms with Gasteiger partial charge in [0.05, 0.1) is 28.6 Å². The van der Waals surface area contributed by atoms with Crippen LogP contribution in [0.4, 0.5) is 37.5 Å². The van der Waals surface area contributed by atoms with Gasteiger partial charge in [0.2, 0.25) is 0 Å². The second kappa shape index (κ2) is 9.71. The zero-order valence-corrected chi connectivity index (χ0v) is 20.0. The molecule has 1 saturated heterocycles. The number of hydrogen-bond acceptors (Lipinski definition) is 7. The van der Waals surface area contributed by atoms with Gasteiger partial charge in [0, 0.05) is 29.7 Å². The van der Waals surface area contributed by atoms with Gasteiger partial charge in [0.15, 0.2) is 9.84 Å². The Morgan fingerprint density at radius 2 is 1.76 bits per heavy atom. The molecule has 1 aromatic heterocycles. The average molecular weight is 508 g/mol. The third kappa shape index (κ3) is 5.74. The summed E-state index contributed by atoms with van der Waals surface area (Å²) in [6, 6.07) is 13.2. The summed E-state index contributed by atoms with van der Waals surface area (Å²) in [5, 5.41) is 6.85. The molecular weight excluding hydrogens is 484 g/mol. The Labute approximate surface area is 202 Å². The van der Waals surface area contributed by atoms with E-state index >= 15 is 0 Å². The van der Waals surface area contributed by atoms with Crippen molar-refractivity contribution >= 4 is 50.1 Å². The number of piperidine rings is 1. The molecule has 2 aromatic carbocycles. The van der Waals surface area contributed by atoms with Crippen LogP contribution >= 0.6 is 11.6 Å². The number of aromatic nitrogens is 2. The molecule has 0 bridgehead atoms. The molecule has 0 unspecified atom stereocenters. The monoisotopic (exact) mass is 507 g/mol. The van der Waals surface area contributed by atoms with E-state index in [0.29, 0.717) is 41.0 Å². The Bertz CT molecular complexity index is 1270. The third-order valence-corrected chi connectivity index (χ3v) is 7.47. The standard InChI is InChI=1S/C23H24ClF2N5O2S/c1-2-34(32,33)18-8-9-20(31-11-3-10-23(25,26)14-31)19(12-18)30-22-13-21(27-15-28-22)29-17-6-4-16(24)5-7-17/h4-9,12-13,15H,2-3,10-11,14H2,1H3,(H2,27,28,29,30). The lowest BCUT2D eigenvalue weighted by Gasteiger charge is -2.35. The minimum atomic E-state index is -3.50. The number of nitrogens with one attached hydrogen (secondary N) is 2. The van der Waals surface area contributed by atoms with Crippen LogP contribution in [0.3, 0.4) is 0 Å². The summed E-state index contributed by atoms with van der Waals surface area (Å²) in [6.07, 6.45) is 1.52. The predicted molar refractivity (Wildman–Crippen MR) is 131 cm³/mol. The van der Waals surface area contributed by atoms with Crippen LogP contribution < -0.4 is 15.5 Å². The number of benzene rings is 2. The summed E-state index contributed by atoms with van der Waals surface area (Å²) in [6.45, 7) is 1.56. The minimum absolute atomic E-state index is 0.0732. The maximum atomic E-state index is 14.1. The van der Waals surface area contributed by atoms with Crippen LogP contribution in [0.2, 0.25) is 5.02 Å². The number of alkyl halides is 2. The molecule has 0 atom stereocenters. The Balaban J connectivity index is 1.66. The molecule has 2 N–H and O–H groups in total. The van der Waals surface area contributed by atoms with E-state index in [4.69, 9.17) is 11.6 Å². The molecule has 3 aromatic rings. The molecular formula is C23H24ClF2N5O2S. The van der Waals surface area contributed by atoms with Gasteiger partial charge in [-0.3, -0.25) is 0 Å². The molecule has 4 rings (SSSR count). The van der Waals surface area contributed by atoms with E-state index in [-0.39, 0.29) is 17.1 Å². The Morgan fingerprint density at radius 3 is 2.44 bits per heavy atom. The summed E-state index contributed by atoms with van der Waals surface area (Å²) in [7, 11) is -3.50. The second-order valence-electron chi connectivity index (χ2n) is 8.01. The van der Waals surface area contributed by atoms with Gasteiger partial charge < -0.3 is 15.5 Å². The number of nitrogens with zero attached hydrogens (tertiary/aromatic N) is 3. The molecule has 1 aliphatic heterocycles. The van der Waals surface area contributed by atoms with Gasteiger partial charge in [-0.2, -0.15) is 0 Å². The molecule has 2 heterocycles. The van der Waals surface area contributed by atoms with Gasteiger partial charge in [0.1, 0.15) is 18.0 Å². The van der Waals surface area contributed by atoms with Gasteiger partial charge in [-0.05, 0) is 48.9 Å². The molecule has 7 nitrogen and oxygen atoms in total. The predicted octanol–water partition coefficient (Wildman–Crippen LogP) is 5.65. The van der Waals surface area contributed by atoms with Crippen molar-refractivity contribution in [1.82, 2.24) is 9.97 Å². The summed E-state index contributed by atoms with van der Waals surface area (Å²) >= 11 is 5.92. The number of anilines is 5. The third-order valence-electron chi connectivity index (χ3n) is 5.49. The maximum Gasteiger partial charge on any atom is 0.265 e. The van der Waals surface area contributed by atoms with E-state index in [2.05, 4.69) is 20.6 Å². The van der Waals surface area contributed by atoms with Crippen molar-refractivity contribution in [2.75, 3.05) is 34.4 Å². The highest BCUT2D eigenvalue weighted by Crippen LogP contribution is 2.36. The Morgan fingerprint density at radius 1 is 1.06 bits per heavy atom. The quantitative estimate of drug-likeness (QED) is 0.427. The van der Waals surface area contributed by atoms with Crippen molar-refractivity contribution in [2.45, 2.75) is 30.6 Å². The highest BCUT2D eigenvalue weighted by molar-refractivity contribution is 7.91. The van der Waals surface area contributed by atoms with Crippen molar-refractivity contribution in [1.29, 1.82) is 0 Å². The highest BCUT2D eigenvalue weighted by Gasteiger charge is 2.36. The Kier molecular flexibility index (Phi) is 6.90. The normalized spacial score (nSPS) is 15.7. The van der Waals surface area contributed by atoms with E-state index in [1.54, 1.807) is 48.2 Å². The first-order valence-corrected chi connectivity index (χ1v) is 12.8. The minimum Gasteiger partial charge on any atom is -0.364 e. The lowest BCUT2D eigenvalue weighted by Crippen LogP contribution is -2.42. The largest absolute Gasteiger partial charge is 0.364 e. The fraction of sp³-hybridized carbons (Fsp3) is 0.304. The van der Waals surface area contributed by atoms with Crippen LogP contribution in [-0.4, -0.2) is 43.2 Å². The van der Waals surface area contributed by atoms with E-state index in [1.165, 1.54) is 18.5 Å². The maximum absolute atomic E-state index is 14.1. The summed E-state index contributed by atoms with van der Waals surface area (Å²) in [4.78, 5) is 10.1. The van der Waals surface area contributed by atoms with Crippen LogP contribution in [-0.2, 0) is 9.84 Å². The second-order valence-corrected chi connectivity index (χ2v) is 10.7. The number of rotatable bonds is 7. The topological polar surface area (TPSA) is 87.2 Å². The molecule has 0 saturated carbocycles. The van der Waals surface area contributed by atoms with Crippen molar-refractivity contribution in [3.8, 4) is 0 Å². The number of hydrogen-bond donors (Lipinski definition) is 2. The summed E-state index contributed by atoms with van der Waals surface area (Å²) < 4.78 is 53.2. The number of sulfone groups is 1. The lowest BCUT2D eigenvalue weighted by atomic mass is 10.1. The molecule has 1 aliphatic rings. The van der Waals surface area contributed by atoms with Crippen LogP contribution in [0, 0.1) is 0 Å². The van der Waals surface area contributed by atoms with E-state index < -0.39 is 22.3 Å². The molecule has 1 fully saturated rings. The van der Waals surface area contributed by atoms with Crippen LogP contribution in [0.5, 0.6) is 0 Å². The molecule has 11 heteroatoms. The molecule has 0 radical (unpaired) electrons. The first-order valence-electron chi connectivity index (χ1n) is 10.8. The highest BCUT2D eigenvalue weighted by atomic mass is 35.5. The Hall–Kier alpha value is -2.98. The van der Waals surface area contributed by atoms with Crippen LogP contribution in [0.25, 0.3) is 0 Å². The summed E-state index contributed by atoms with van der Waals surface area (Å²) in [5.74, 6) is -2.02. The number of halogens is 3. The zero-order valence-electron chi connectivity index (χ0n) is 18.4. The van der Waals surface area contributed by atoms with Crippen LogP contribution in [0.15, 0.2) is 59.8 Å². The average Bonchev–Trinajstić information content (AvgIpc) is 2.80. The van der Waals surface area contributed by atoms with Gasteiger partial charge in [-0.1, -0.05) is 18.5 Å². The van der Waals surface area contributed by atoms with Gasteiger partial charge in [0.25, 0.3) is 5.92 Å². The lowest BCUT2D eigenvalue weighted by molar-refractivity contribution is -0.0116. The van der Waals surface area contributed by atoms with Crippen molar-refractivity contribution in [3.05, 3.63) is 59.9 Å². The van der Waals surface area contributed by atoms with E-state index in [9.17, 15) is 17.2 Å². The van der Waals surface area contributed by atoms with Gasteiger partial charge in [-0.15, -0.1) is 0 Å². The molecule has 180 valence electrons. The van der Waals surface area contributed by atoms with Crippen molar-refractivity contribution in [3.63, 3.8) is 0 Å². The van der Waals surface area contributed by atoms with Crippen molar-refractivity contribution < 1.29 is 17.2 Å². The fourth-order valence-corrected chi connectivity index (χ4v) is 4.77. The first-order chi connectivity index (χ1) is 16.1. The first kappa shape index (κ1) is 24.2. The molecule has 0 spiro atoms. The smallest absolute Gasteiger partial charge is 0.265 e. The summed E-state index contributed by atoms with van der Waals surface area (Å²) in [5.41, 5.74) is 1.63. The zero-order chi connectivity index (χ0) is 24.3. The van der Waals surface area contributed by atoms with Gasteiger partial charge in [-0.25, -0.2) is 27.2 Å². The van der Waals surface area contributed by atoms with Crippen LogP contribution in [0.1, 0.15) is 19.8 Å². The van der Waals surface area contributed by atoms with E-state index in [1.807, 2.05) is 0 Å². The van der Waals surface area contributed by atoms with Crippen molar-refractivity contribution in [2.24, 2.45) is 0 Å².